The molecule has 7 N–H and O–H groups in total. The molecule has 0 radical (unpaired) electrons. The van der Waals surface area contributed by atoms with Crippen LogP contribution in [0.4, 0.5) is 23.1 Å². The maximum Gasteiger partial charge on any atom is 0.326 e. The summed E-state index contributed by atoms with van der Waals surface area (Å²) in [6.07, 6.45) is 0.255. The van der Waals surface area contributed by atoms with Crippen molar-refractivity contribution in [1.82, 2.24) is 15.3 Å². The molecule has 2 atom stereocenters. The predicted molar refractivity (Wildman–Crippen MR) is 126 cm³/mol. The summed E-state index contributed by atoms with van der Waals surface area (Å²) in [5.41, 5.74) is 5.32. The Balaban J connectivity index is 1.72. The molecule has 15 heteroatoms. The van der Waals surface area contributed by atoms with Crippen molar-refractivity contribution >= 4 is 53.8 Å². The fourth-order valence-electron chi connectivity index (χ4n) is 3.64. The van der Waals surface area contributed by atoms with E-state index >= 15 is 0 Å². The molecule has 0 aliphatic carbocycles. The van der Waals surface area contributed by atoms with Gasteiger partial charge in [0.2, 0.25) is 18.8 Å². The van der Waals surface area contributed by atoms with Gasteiger partial charge >= 0.3 is 11.9 Å². The van der Waals surface area contributed by atoms with Crippen molar-refractivity contribution in [3.05, 3.63) is 40.2 Å². The summed E-state index contributed by atoms with van der Waals surface area (Å²) in [7, 11) is 0. The molecule has 2 unspecified atom stereocenters. The smallest absolute Gasteiger partial charge is 0.326 e. The van der Waals surface area contributed by atoms with Crippen LogP contribution in [0.2, 0.25) is 0 Å². The number of carboxylic acid groups (broad SMARTS) is 2. The van der Waals surface area contributed by atoms with Gasteiger partial charge in [0.05, 0.1) is 6.04 Å². The van der Waals surface area contributed by atoms with E-state index in [0.717, 1.165) is 4.90 Å². The maximum absolute atomic E-state index is 12.4. The molecule has 15 nitrogen and oxygen atoms in total. The molecular formula is C21H23N7O8. The van der Waals surface area contributed by atoms with Gasteiger partial charge in [-0.3, -0.25) is 29.0 Å². The van der Waals surface area contributed by atoms with Gasteiger partial charge in [-0.1, -0.05) is 0 Å². The summed E-state index contributed by atoms with van der Waals surface area (Å²) >= 11 is 0. The fraction of sp³-hybridized carbons (Fsp3) is 0.286. The summed E-state index contributed by atoms with van der Waals surface area (Å²) in [5.74, 6) is -3.28. The van der Waals surface area contributed by atoms with Gasteiger partial charge in [-0.25, -0.2) is 4.79 Å². The molecule has 190 valence electrons. The van der Waals surface area contributed by atoms with Crippen molar-refractivity contribution < 1.29 is 34.2 Å². The van der Waals surface area contributed by atoms with E-state index in [1.54, 1.807) is 0 Å². The Kier molecular flexibility index (Phi) is 7.83. The highest BCUT2D eigenvalue weighted by atomic mass is 16.4. The fourth-order valence-corrected chi connectivity index (χ4v) is 3.64. The molecule has 3 amide bonds. The first-order valence-corrected chi connectivity index (χ1v) is 10.6. The summed E-state index contributed by atoms with van der Waals surface area (Å²) < 4.78 is 0. The van der Waals surface area contributed by atoms with Crippen LogP contribution in [0.3, 0.4) is 0 Å². The van der Waals surface area contributed by atoms with E-state index in [0.29, 0.717) is 18.5 Å². The van der Waals surface area contributed by atoms with Gasteiger partial charge in [0.25, 0.3) is 11.5 Å². The summed E-state index contributed by atoms with van der Waals surface area (Å²) in [4.78, 5) is 79.0. The minimum Gasteiger partial charge on any atom is -0.481 e. The van der Waals surface area contributed by atoms with Gasteiger partial charge in [0.1, 0.15) is 6.04 Å². The third-order valence-electron chi connectivity index (χ3n) is 5.43. The number of carboxylic acids is 2. The zero-order chi connectivity index (χ0) is 26.4. The summed E-state index contributed by atoms with van der Waals surface area (Å²) in [6.45, 7) is 0.152. The van der Waals surface area contributed by atoms with Crippen LogP contribution < -0.4 is 31.7 Å². The lowest BCUT2D eigenvalue weighted by Crippen LogP contribution is -2.52. The van der Waals surface area contributed by atoms with Crippen LogP contribution in [-0.2, 0) is 19.2 Å². The standard InChI is InChI=1S/C21H23N7O8/c22-21-25-17-16(19(34)26-21)28(10-30)13(7-23-17)8-27(9-29)12-3-1-11(2-4-12)18(33)24-14(20(35)36)5-6-15(31)32/h1-4,9-10,13-14H,5-8H2,(H,24,33)(H,31,32)(H,35,36)(H4,22,23,25,26,34). The van der Waals surface area contributed by atoms with Crippen molar-refractivity contribution in [2.45, 2.75) is 24.9 Å². The number of anilines is 4. The van der Waals surface area contributed by atoms with Crippen LogP contribution in [0, 0.1) is 0 Å². The number of aliphatic carboxylic acids is 2. The highest BCUT2D eigenvalue weighted by molar-refractivity contribution is 5.97. The SMILES string of the molecule is Nc1nc2c(c(=O)[nH]1)N(C=O)C(CN(C=O)c1ccc(C(=O)NC(CCC(=O)O)C(=O)O)cc1)CN2. The molecular weight excluding hydrogens is 478 g/mol. The molecule has 3 rings (SSSR count). The largest absolute Gasteiger partial charge is 0.481 e. The number of carbonyl (C=O) groups excluding carboxylic acids is 3. The van der Waals surface area contributed by atoms with Crippen molar-refractivity contribution in [2.75, 3.05) is 33.9 Å². The summed E-state index contributed by atoms with van der Waals surface area (Å²) in [6, 6.07) is 3.59. The quantitative estimate of drug-likeness (QED) is 0.201. The molecule has 2 aromatic rings. The lowest BCUT2D eigenvalue weighted by Gasteiger charge is -2.35. The first kappa shape index (κ1) is 25.7. The normalized spacial score (nSPS) is 15.1. The number of carbonyl (C=O) groups is 5. The minimum absolute atomic E-state index is 0.0136. The number of hydrogen-bond donors (Lipinski definition) is 6. The topological polar surface area (TPSA) is 228 Å². The van der Waals surface area contributed by atoms with E-state index < -0.39 is 41.9 Å². The Morgan fingerprint density at radius 3 is 2.53 bits per heavy atom. The molecule has 0 fully saturated rings. The zero-order valence-electron chi connectivity index (χ0n) is 18.7. The second kappa shape index (κ2) is 11.0. The summed E-state index contributed by atoms with van der Waals surface area (Å²) in [5, 5.41) is 23.1. The number of nitrogen functional groups attached to an aromatic ring is 1. The van der Waals surface area contributed by atoms with Crippen LogP contribution in [0.15, 0.2) is 29.1 Å². The van der Waals surface area contributed by atoms with Crippen LogP contribution >= 0.6 is 0 Å². The van der Waals surface area contributed by atoms with E-state index in [4.69, 9.17) is 10.8 Å². The second-order valence-corrected chi connectivity index (χ2v) is 7.80. The number of fused-ring (bicyclic) bond motifs is 1. The third kappa shape index (κ3) is 5.75. The molecule has 1 aromatic heterocycles. The molecule has 1 aliphatic rings. The third-order valence-corrected chi connectivity index (χ3v) is 5.43. The molecule has 0 spiro atoms. The van der Waals surface area contributed by atoms with E-state index in [2.05, 4.69) is 20.6 Å². The molecule has 0 saturated heterocycles. The van der Waals surface area contributed by atoms with Crippen LogP contribution in [-0.4, -0.2) is 76.0 Å². The average molecular weight is 501 g/mol. The Hall–Kier alpha value is -4.95. The van der Waals surface area contributed by atoms with E-state index in [-0.39, 0.29) is 42.5 Å². The van der Waals surface area contributed by atoms with Crippen molar-refractivity contribution in [1.29, 1.82) is 0 Å². The molecule has 1 aliphatic heterocycles. The number of aromatic nitrogens is 2. The number of H-pyrrole nitrogens is 1. The first-order chi connectivity index (χ1) is 17.1. The number of benzene rings is 1. The van der Waals surface area contributed by atoms with Crippen molar-refractivity contribution in [2.24, 2.45) is 0 Å². The second-order valence-electron chi connectivity index (χ2n) is 7.80. The molecule has 2 heterocycles. The number of aromatic amines is 1. The molecule has 1 aromatic carbocycles. The first-order valence-electron chi connectivity index (χ1n) is 10.6. The number of nitrogens with zero attached hydrogens (tertiary/aromatic N) is 3. The van der Waals surface area contributed by atoms with Crippen molar-refractivity contribution in [3.8, 4) is 0 Å². The van der Waals surface area contributed by atoms with Crippen LogP contribution in [0.25, 0.3) is 0 Å². The lowest BCUT2D eigenvalue weighted by molar-refractivity contribution is -0.140. The average Bonchev–Trinajstić information content (AvgIpc) is 2.84. The molecule has 0 bridgehead atoms. The minimum atomic E-state index is -1.39. The van der Waals surface area contributed by atoms with Crippen LogP contribution in [0.1, 0.15) is 23.2 Å². The predicted octanol–water partition coefficient (Wildman–Crippen LogP) is -1.18. The number of nitrogens with two attached hydrogens (primary N) is 1. The highest BCUT2D eigenvalue weighted by Crippen LogP contribution is 2.26. The van der Waals surface area contributed by atoms with Gasteiger partial charge in [-0.15, -0.1) is 0 Å². The Morgan fingerprint density at radius 1 is 1.25 bits per heavy atom. The molecule has 0 saturated carbocycles. The Morgan fingerprint density at radius 2 is 1.94 bits per heavy atom. The van der Waals surface area contributed by atoms with Gasteiger partial charge in [-0.2, -0.15) is 4.98 Å². The highest BCUT2D eigenvalue weighted by Gasteiger charge is 2.31. The number of rotatable bonds is 11. The number of nitrogens with one attached hydrogen (secondary N) is 3. The van der Waals surface area contributed by atoms with Gasteiger partial charge in [0.15, 0.2) is 11.5 Å². The Labute approximate surface area is 202 Å². The monoisotopic (exact) mass is 501 g/mol. The number of amides is 3. The zero-order valence-corrected chi connectivity index (χ0v) is 18.7. The van der Waals surface area contributed by atoms with E-state index in [9.17, 15) is 33.9 Å². The lowest BCUT2D eigenvalue weighted by atomic mass is 10.1. The van der Waals surface area contributed by atoms with Crippen molar-refractivity contribution in [3.63, 3.8) is 0 Å². The van der Waals surface area contributed by atoms with Gasteiger partial charge < -0.3 is 36.4 Å². The van der Waals surface area contributed by atoms with Gasteiger partial charge in [0, 0.05) is 30.8 Å². The van der Waals surface area contributed by atoms with E-state index in [1.165, 1.54) is 29.2 Å². The van der Waals surface area contributed by atoms with E-state index in [1.807, 2.05) is 0 Å². The maximum atomic E-state index is 12.4. The number of hydrogen-bond acceptors (Lipinski definition) is 9. The molecule has 36 heavy (non-hydrogen) atoms. The Bertz CT molecular complexity index is 1230. The van der Waals surface area contributed by atoms with Crippen LogP contribution in [0.5, 0.6) is 0 Å². The van der Waals surface area contributed by atoms with Gasteiger partial charge in [-0.05, 0) is 30.7 Å².